The van der Waals surface area contributed by atoms with Crippen molar-refractivity contribution in [2.75, 3.05) is 51.8 Å². The first-order valence-corrected chi connectivity index (χ1v) is 8.42. The molecule has 19 heavy (non-hydrogen) atoms. The lowest BCUT2D eigenvalue weighted by molar-refractivity contribution is 0.289. The molecule has 0 amide bonds. The van der Waals surface area contributed by atoms with Gasteiger partial charge in [0.25, 0.3) is 0 Å². The minimum absolute atomic E-state index is 0. The molecule has 0 aliphatic carbocycles. The van der Waals surface area contributed by atoms with Crippen molar-refractivity contribution in [2.45, 2.75) is 25.7 Å². The van der Waals surface area contributed by atoms with Gasteiger partial charge in [-0.15, -0.1) is 24.0 Å². The van der Waals surface area contributed by atoms with E-state index in [0.717, 1.165) is 31.3 Å². The number of aliphatic imine (C=N–C) groups is 1. The highest BCUT2D eigenvalue weighted by Gasteiger charge is 2.08. The van der Waals surface area contributed by atoms with E-state index in [4.69, 9.17) is 0 Å². The zero-order chi connectivity index (χ0) is 13.1. The van der Waals surface area contributed by atoms with Gasteiger partial charge in [0.05, 0.1) is 0 Å². The predicted octanol–water partition coefficient (Wildman–Crippen LogP) is 2.01. The number of hydrogen-bond donors (Lipinski definition) is 2. The molecule has 1 rings (SSSR count). The van der Waals surface area contributed by atoms with Gasteiger partial charge in [-0.05, 0) is 32.2 Å². The van der Waals surface area contributed by atoms with E-state index >= 15 is 0 Å². The molecular formula is C13H29IN4S. The van der Waals surface area contributed by atoms with Gasteiger partial charge < -0.3 is 15.5 Å². The van der Waals surface area contributed by atoms with Crippen LogP contribution in [0.25, 0.3) is 0 Å². The number of thioether (sulfide) groups is 1. The normalized spacial score (nSPS) is 17.5. The van der Waals surface area contributed by atoms with Crippen LogP contribution in [0.1, 0.15) is 25.7 Å². The molecule has 0 bridgehead atoms. The molecular weight excluding hydrogens is 371 g/mol. The summed E-state index contributed by atoms with van der Waals surface area (Å²) in [6, 6.07) is 0. The Labute approximate surface area is 139 Å². The van der Waals surface area contributed by atoms with Crippen molar-refractivity contribution >= 4 is 41.7 Å². The third-order valence-corrected chi connectivity index (χ3v) is 3.85. The molecule has 6 heteroatoms. The monoisotopic (exact) mass is 400 g/mol. The van der Waals surface area contributed by atoms with Gasteiger partial charge in [0, 0.05) is 32.4 Å². The summed E-state index contributed by atoms with van der Waals surface area (Å²) in [6.07, 6.45) is 7.66. The number of nitrogens with one attached hydrogen (secondary N) is 2. The number of guanidine groups is 1. The lowest BCUT2D eigenvalue weighted by atomic mass is 10.2. The van der Waals surface area contributed by atoms with Gasteiger partial charge >= 0.3 is 0 Å². The number of likely N-dealkylation sites (tertiary alicyclic amines) is 1. The molecule has 114 valence electrons. The predicted molar refractivity (Wildman–Crippen MR) is 98.1 cm³/mol. The van der Waals surface area contributed by atoms with E-state index in [1.807, 2.05) is 18.8 Å². The highest BCUT2D eigenvalue weighted by atomic mass is 127. The van der Waals surface area contributed by atoms with Crippen molar-refractivity contribution < 1.29 is 0 Å². The average molecular weight is 400 g/mol. The first-order valence-electron chi connectivity index (χ1n) is 7.02. The summed E-state index contributed by atoms with van der Waals surface area (Å²) in [5.41, 5.74) is 0. The second kappa shape index (κ2) is 13.3. The van der Waals surface area contributed by atoms with Crippen LogP contribution < -0.4 is 10.6 Å². The lowest BCUT2D eigenvalue weighted by Crippen LogP contribution is -2.42. The zero-order valence-corrected chi connectivity index (χ0v) is 15.4. The van der Waals surface area contributed by atoms with Crippen LogP contribution >= 0.6 is 35.7 Å². The standard InChI is InChI=1S/C13H28N4S.HI/c1-14-13(16-8-12-18-2)15-7-11-17-9-5-3-4-6-10-17;/h3-12H2,1-2H3,(H2,14,15,16);1H. The summed E-state index contributed by atoms with van der Waals surface area (Å²) < 4.78 is 0. The van der Waals surface area contributed by atoms with Gasteiger partial charge in [-0.3, -0.25) is 4.99 Å². The third kappa shape index (κ3) is 9.79. The lowest BCUT2D eigenvalue weighted by Gasteiger charge is -2.20. The van der Waals surface area contributed by atoms with Crippen molar-refractivity contribution in [2.24, 2.45) is 4.99 Å². The Morgan fingerprint density at radius 2 is 1.74 bits per heavy atom. The molecule has 0 aromatic carbocycles. The summed E-state index contributed by atoms with van der Waals surface area (Å²) in [5, 5.41) is 6.70. The van der Waals surface area contributed by atoms with E-state index in [2.05, 4.69) is 26.8 Å². The summed E-state index contributed by atoms with van der Waals surface area (Å²) in [5.74, 6) is 2.05. The Morgan fingerprint density at radius 3 is 2.32 bits per heavy atom. The molecule has 2 N–H and O–H groups in total. The van der Waals surface area contributed by atoms with Gasteiger partial charge in [0.15, 0.2) is 5.96 Å². The van der Waals surface area contributed by atoms with Crippen molar-refractivity contribution in [3.8, 4) is 0 Å². The van der Waals surface area contributed by atoms with Crippen LogP contribution in [0, 0.1) is 0 Å². The van der Waals surface area contributed by atoms with Crippen molar-refractivity contribution in [3.63, 3.8) is 0 Å². The maximum absolute atomic E-state index is 4.23. The van der Waals surface area contributed by atoms with E-state index in [1.165, 1.54) is 38.8 Å². The molecule has 1 fully saturated rings. The van der Waals surface area contributed by atoms with Crippen LogP contribution in [0.2, 0.25) is 0 Å². The molecule has 0 saturated carbocycles. The van der Waals surface area contributed by atoms with Gasteiger partial charge in [-0.25, -0.2) is 0 Å². The van der Waals surface area contributed by atoms with E-state index in [0.29, 0.717) is 0 Å². The van der Waals surface area contributed by atoms with Crippen LogP contribution in [-0.4, -0.2) is 62.6 Å². The van der Waals surface area contributed by atoms with Crippen LogP contribution in [0.15, 0.2) is 4.99 Å². The molecule has 1 aliphatic rings. The Hall–Kier alpha value is 0.310. The van der Waals surface area contributed by atoms with Crippen LogP contribution in [0.5, 0.6) is 0 Å². The summed E-state index contributed by atoms with van der Waals surface area (Å²) in [7, 11) is 1.83. The Balaban J connectivity index is 0.00000324. The quantitative estimate of drug-likeness (QED) is 0.310. The molecule has 4 nitrogen and oxygen atoms in total. The highest BCUT2D eigenvalue weighted by Crippen LogP contribution is 2.08. The van der Waals surface area contributed by atoms with E-state index in [1.54, 1.807) is 0 Å². The summed E-state index contributed by atoms with van der Waals surface area (Å²) in [4.78, 5) is 6.79. The molecule has 0 radical (unpaired) electrons. The van der Waals surface area contributed by atoms with Gasteiger partial charge in [-0.2, -0.15) is 11.8 Å². The third-order valence-electron chi connectivity index (χ3n) is 3.24. The zero-order valence-electron chi connectivity index (χ0n) is 12.3. The molecule has 1 saturated heterocycles. The van der Waals surface area contributed by atoms with Crippen molar-refractivity contribution in [3.05, 3.63) is 0 Å². The Bertz CT molecular complexity index is 231. The second-order valence-corrected chi connectivity index (χ2v) is 5.66. The molecule has 0 aromatic heterocycles. The average Bonchev–Trinajstić information content (AvgIpc) is 2.66. The highest BCUT2D eigenvalue weighted by molar-refractivity contribution is 14.0. The SMILES string of the molecule is CN=C(NCCSC)NCCN1CCCCCC1.I. The Kier molecular flexibility index (Phi) is 13.5. The van der Waals surface area contributed by atoms with E-state index in [9.17, 15) is 0 Å². The fourth-order valence-corrected chi connectivity index (χ4v) is 2.49. The molecule has 0 aromatic rings. The summed E-state index contributed by atoms with van der Waals surface area (Å²) in [6.45, 7) is 5.62. The van der Waals surface area contributed by atoms with Crippen molar-refractivity contribution in [1.29, 1.82) is 0 Å². The molecule has 0 unspecified atom stereocenters. The van der Waals surface area contributed by atoms with Gasteiger partial charge in [0.1, 0.15) is 0 Å². The molecule has 1 heterocycles. The largest absolute Gasteiger partial charge is 0.356 e. The smallest absolute Gasteiger partial charge is 0.191 e. The van der Waals surface area contributed by atoms with Crippen LogP contribution in [0.3, 0.4) is 0 Å². The topological polar surface area (TPSA) is 39.7 Å². The van der Waals surface area contributed by atoms with Gasteiger partial charge in [-0.1, -0.05) is 12.8 Å². The Morgan fingerprint density at radius 1 is 1.11 bits per heavy atom. The first kappa shape index (κ1) is 19.3. The maximum Gasteiger partial charge on any atom is 0.191 e. The number of hydrogen-bond acceptors (Lipinski definition) is 3. The van der Waals surface area contributed by atoms with Crippen molar-refractivity contribution in [1.82, 2.24) is 15.5 Å². The molecule has 0 spiro atoms. The molecule has 0 atom stereocenters. The molecule has 1 aliphatic heterocycles. The fourth-order valence-electron chi connectivity index (χ4n) is 2.18. The number of rotatable bonds is 6. The number of nitrogens with zero attached hydrogens (tertiary/aromatic N) is 2. The maximum atomic E-state index is 4.23. The van der Waals surface area contributed by atoms with Gasteiger partial charge in [0.2, 0.25) is 0 Å². The summed E-state index contributed by atoms with van der Waals surface area (Å²) >= 11 is 1.85. The van der Waals surface area contributed by atoms with Crippen LogP contribution in [0.4, 0.5) is 0 Å². The van der Waals surface area contributed by atoms with Crippen LogP contribution in [-0.2, 0) is 0 Å². The second-order valence-electron chi connectivity index (χ2n) is 4.67. The minimum atomic E-state index is 0. The first-order chi connectivity index (χ1) is 8.86. The minimum Gasteiger partial charge on any atom is -0.356 e. The fraction of sp³-hybridized carbons (Fsp3) is 0.923. The number of halogens is 1. The van der Waals surface area contributed by atoms with E-state index < -0.39 is 0 Å². The van der Waals surface area contributed by atoms with E-state index in [-0.39, 0.29) is 24.0 Å².